The van der Waals surface area contributed by atoms with Crippen molar-refractivity contribution >= 4 is 29.3 Å². The van der Waals surface area contributed by atoms with E-state index in [-0.39, 0.29) is 25.0 Å². The van der Waals surface area contributed by atoms with Gasteiger partial charge < -0.3 is 10.0 Å². The molecule has 0 radical (unpaired) electrons. The minimum Gasteiger partial charge on any atom is -0.480 e. The van der Waals surface area contributed by atoms with E-state index in [2.05, 4.69) is 0 Å². The number of nitrogens with zero attached hydrogens (tertiary/aromatic N) is 2. The Hall–Kier alpha value is -1.53. The normalized spacial score (nSPS) is 15.5. The summed E-state index contributed by atoms with van der Waals surface area (Å²) in [6, 6.07) is 7.92. The molecule has 1 amide bonds. The summed E-state index contributed by atoms with van der Waals surface area (Å²) in [5.41, 5.74) is 0.933. The van der Waals surface area contributed by atoms with Crippen LogP contribution in [0.2, 0.25) is 0 Å². The Balaban J connectivity index is 2.12. The lowest BCUT2D eigenvalue weighted by atomic mass is 10.2. The van der Waals surface area contributed by atoms with E-state index in [0.29, 0.717) is 6.54 Å². The molecular weight excluding hydrogens is 300 g/mol. The first-order valence-electron chi connectivity index (χ1n) is 7.51. The minimum absolute atomic E-state index is 0.0331. The zero-order valence-electron chi connectivity index (χ0n) is 13.0. The van der Waals surface area contributed by atoms with Gasteiger partial charge in [0.15, 0.2) is 0 Å². The van der Waals surface area contributed by atoms with E-state index in [0.717, 1.165) is 22.8 Å². The van der Waals surface area contributed by atoms with E-state index in [1.54, 1.807) is 21.6 Å². The summed E-state index contributed by atoms with van der Waals surface area (Å²) in [6.45, 7) is 4.65. The van der Waals surface area contributed by atoms with Gasteiger partial charge in [0, 0.05) is 23.2 Å². The molecule has 0 spiro atoms. The molecule has 5 nitrogen and oxygen atoms in total. The van der Waals surface area contributed by atoms with Crippen molar-refractivity contribution in [2.75, 3.05) is 30.3 Å². The summed E-state index contributed by atoms with van der Waals surface area (Å²) < 4.78 is 0. The van der Waals surface area contributed by atoms with Crippen molar-refractivity contribution in [2.24, 2.45) is 0 Å². The zero-order chi connectivity index (χ0) is 16.1. The van der Waals surface area contributed by atoms with E-state index in [1.165, 1.54) is 0 Å². The van der Waals surface area contributed by atoms with Crippen molar-refractivity contribution in [3.05, 3.63) is 24.3 Å². The van der Waals surface area contributed by atoms with E-state index < -0.39 is 5.97 Å². The molecule has 2 rings (SSSR count). The summed E-state index contributed by atoms with van der Waals surface area (Å²) in [6.07, 6.45) is 0.812. The predicted molar refractivity (Wildman–Crippen MR) is 88.5 cm³/mol. The van der Waals surface area contributed by atoms with Crippen LogP contribution in [0.4, 0.5) is 5.69 Å². The second kappa shape index (κ2) is 7.65. The molecule has 1 aromatic carbocycles. The first-order chi connectivity index (χ1) is 10.5. The van der Waals surface area contributed by atoms with Gasteiger partial charge in [0.1, 0.15) is 0 Å². The lowest BCUT2D eigenvalue weighted by Crippen LogP contribution is -2.47. The Morgan fingerprint density at radius 3 is 2.77 bits per heavy atom. The summed E-state index contributed by atoms with van der Waals surface area (Å²) in [5, 5.41) is 9.04. The highest BCUT2D eigenvalue weighted by atomic mass is 32.2. The molecule has 0 saturated carbocycles. The molecule has 0 fully saturated rings. The maximum Gasteiger partial charge on any atom is 0.317 e. The van der Waals surface area contributed by atoms with Crippen LogP contribution in [-0.2, 0) is 9.59 Å². The number of carboxylic acids is 1. The fourth-order valence-corrected chi connectivity index (χ4v) is 3.48. The molecule has 1 heterocycles. The second-order valence-corrected chi connectivity index (χ2v) is 6.55. The second-order valence-electron chi connectivity index (χ2n) is 5.42. The number of aliphatic carboxylic acids is 1. The first-order valence-corrected chi connectivity index (χ1v) is 8.49. The van der Waals surface area contributed by atoms with E-state index in [9.17, 15) is 9.59 Å². The van der Waals surface area contributed by atoms with Gasteiger partial charge in [-0.05, 0) is 25.5 Å². The molecule has 0 bridgehead atoms. The van der Waals surface area contributed by atoms with Gasteiger partial charge >= 0.3 is 5.97 Å². The maximum atomic E-state index is 12.7. The average Bonchev–Trinajstić information content (AvgIpc) is 2.52. The number of para-hydroxylation sites is 1. The molecule has 1 aliphatic heterocycles. The highest BCUT2D eigenvalue weighted by Gasteiger charge is 2.26. The highest BCUT2D eigenvalue weighted by Crippen LogP contribution is 2.34. The Morgan fingerprint density at radius 1 is 1.36 bits per heavy atom. The third-order valence-electron chi connectivity index (χ3n) is 3.92. The summed E-state index contributed by atoms with van der Waals surface area (Å²) in [5.74, 6) is -0.0672. The van der Waals surface area contributed by atoms with Gasteiger partial charge in [-0.2, -0.15) is 0 Å². The van der Waals surface area contributed by atoms with Crippen molar-refractivity contribution in [3.63, 3.8) is 0 Å². The molecule has 0 aromatic heterocycles. The Bertz CT molecular complexity index is 550. The SMILES string of the molecule is CC[C@@H](C)N(CC(=O)O)CC(=O)N1CCSc2ccccc21. The number of carbonyl (C=O) groups is 2. The van der Waals surface area contributed by atoms with Crippen LogP contribution < -0.4 is 4.90 Å². The van der Waals surface area contributed by atoms with Crippen molar-refractivity contribution in [1.29, 1.82) is 0 Å². The van der Waals surface area contributed by atoms with E-state index >= 15 is 0 Å². The van der Waals surface area contributed by atoms with Gasteiger partial charge in [-0.1, -0.05) is 19.1 Å². The Morgan fingerprint density at radius 2 is 2.09 bits per heavy atom. The molecule has 1 aromatic rings. The van der Waals surface area contributed by atoms with Gasteiger partial charge in [0.05, 0.1) is 18.8 Å². The van der Waals surface area contributed by atoms with Crippen LogP contribution in [0.3, 0.4) is 0 Å². The number of fused-ring (bicyclic) bond motifs is 1. The number of carbonyl (C=O) groups excluding carboxylic acids is 1. The van der Waals surface area contributed by atoms with Gasteiger partial charge in [0.2, 0.25) is 5.91 Å². The fraction of sp³-hybridized carbons (Fsp3) is 0.500. The van der Waals surface area contributed by atoms with Crippen LogP contribution in [0, 0.1) is 0 Å². The Labute approximate surface area is 135 Å². The van der Waals surface area contributed by atoms with Gasteiger partial charge in [-0.25, -0.2) is 0 Å². The molecule has 1 N–H and O–H groups in total. The molecular formula is C16H22N2O3S. The van der Waals surface area contributed by atoms with Crippen molar-refractivity contribution in [3.8, 4) is 0 Å². The lowest BCUT2D eigenvalue weighted by molar-refractivity contribution is -0.139. The minimum atomic E-state index is -0.900. The molecule has 22 heavy (non-hydrogen) atoms. The van der Waals surface area contributed by atoms with Crippen LogP contribution in [0.1, 0.15) is 20.3 Å². The lowest BCUT2D eigenvalue weighted by Gasteiger charge is -2.32. The predicted octanol–water partition coefficient (Wildman–Crippen LogP) is 2.31. The Kier molecular flexibility index (Phi) is 5.85. The number of carboxylic acid groups (broad SMARTS) is 1. The smallest absolute Gasteiger partial charge is 0.317 e. The molecule has 1 atom stereocenters. The van der Waals surface area contributed by atoms with Gasteiger partial charge in [-0.15, -0.1) is 11.8 Å². The molecule has 0 aliphatic carbocycles. The van der Waals surface area contributed by atoms with Crippen molar-refractivity contribution < 1.29 is 14.7 Å². The largest absolute Gasteiger partial charge is 0.480 e. The van der Waals surface area contributed by atoms with Crippen LogP contribution in [-0.4, -0.2) is 53.3 Å². The molecule has 120 valence electrons. The molecule has 0 unspecified atom stereocenters. The maximum absolute atomic E-state index is 12.7. The molecule has 1 aliphatic rings. The first kappa shape index (κ1) is 16.8. The third kappa shape index (κ3) is 4.01. The number of rotatable bonds is 6. The van der Waals surface area contributed by atoms with Gasteiger partial charge in [-0.3, -0.25) is 14.5 Å². The number of benzene rings is 1. The topological polar surface area (TPSA) is 60.9 Å². The number of amides is 1. The number of thioether (sulfide) groups is 1. The van der Waals surface area contributed by atoms with Crippen molar-refractivity contribution in [2.45, 2.75) is 31.2 Å². The monoisotopic (exact) mass is 322 g/mol. The molecule has 0 saturated heterocycles. The zero-order valence-corrected chi connectivity index (χ0v) is 13.8. The third-order valence-corrected chi connectivity index (χ3v) is 4.96. The van der Waals surface area contributed by atoms with Crippen LogP contribution in [0.25, 0.3) is 0 Å². The summed E-state index contributed by atoms with van der Waals surface area (Å²) >= 11 is 1.75. The fourth-order valence-electron chi connectivity index (χ4n) is 2.49. The molecule has 6 heteroatoms. The van der Waals surface area contributed by atoms with E-state index in [4.69, 9.17) is 5.11 Å². The summed E-state index contributed by atoms with van der Waals surface area (Å²) in [4.78, 5) is 28.3. The summed E-state index contributed by atoms with van der Waals surface area (Å²) in [7, 11) is 0. The van der Waals surface area contributed by atoms with Gasteiger partial charge in [0.25, 0.3) is 0 Å². The number of hydrogen-bond donors (Lipinski definition) is 1. The quantitative estimate of drug-likeness (QED) is 0.871. The number of hydrogen-bond acceptors (Lipinski definition) is 4. The highest BCUT2D eigenvalue weighted by molar-refractivity contribution is 7.99. The average molecular weight is 322 g/mol. The standard InChI is InChI=1S/C16H22N2O3S/c1-3-12(2)17(11-16(20)21)10-15(19)18-8-9-22-14-7-5-4-6-13(14)18/h4-7,12H,3,8-11H2,1-2H3,(H,20,21)/t12-/m1/s1. The van der Waals surface area contributed by atoms with Crippen molar-refractivity contribution in [1.82, 2.24) is 4.90 Å². The van der Waals surface area contributed by atoms with Crippen LogP contribution in [0.15, 0.2) is 29.2 Å². The number of anilines is 1. The van der Waals surface area contributed by atoms with Crippen LogP contribution in [0.5, 0.6) is 0 Å². The van der Waals surface area contributed by atoms with E-state index in [1.807, 2.05) is 38.1 Å². The van der Waals surface area contributed by atoms with Crippen LogP contribution >= 0.6 is 11.8 Å².